The van der Waals surface area contributed by atoms with E-state index in [0.29, 0.717) is 23.7 Å². The molecular formula is C95H87N12+3. The van der Waals surface area contributed by atoms with Crippen LogP contribution in [-0.4, -0.2) is 42.7 Å². The van der Waals surface area contributed by atoms with Gasteiger partial charge in [0.25, 0.3) is 16.9 Å². The Hall–Kier alpha value is -11.8. The molecule has 107 heavy (non-hydrogen) atoms. The Morgan fingerprint density at radius 1 is 0.393 bits per heavy atom. The highest BCUT2D eigenvalue weighted by atomic mass is 15.2. The molecule has 0 saturated heterocycles. The lowest BCUT2D eigenvalue weighted by molar-refractivity contribution is -0.631. The zero-order chi connectivity index (χ0) is 73.0. The van der Waals surface area contributed by atoms with Crippen LogP contribution in [0, 0.1) is 10.8 Å². The van der Waals surface area contributed by atoms with E-state index in [1.807, 2.05) is 43.0 Å². The van der Waals surface area contributed by atoms with Gasteiger partial charge >= 0.3 is 0 Å². The van der Waals surface area contributed by atoms with Crippen LogP contribution in [0.4, 0.5) is 0 Å². The van der Waals surface area contributed by atoms with Gasteiger partial charge in [0, 0.05) is 56.8 Å². The number of nitrogens with zero attached hydrogens (tertiary/aromatic N) is 12. The smallest absolute Gasteiger partial charge is 0.276 e. The van der Waals surface area contributed by atoms with Crippen LogP contribution in [0.15, 0.2) is 219 Å². The van der Waals surface area contributed by atoms with E-state index in [-0.39, 0.29) is 10.8 Å². The van der Waals surface area contributed by atoms with Crippen LogP contribution < -0.4 is 13.5 Å². The zero-order valence-electron chi connectivity index (χ0n) is 63.3. The molecule has 0 N–H and O–H groups in total. The molecule has 12 aromatic heterocycles. The molecule has 0 atom stereocenters. The highest BCUT2D eigenvalue weighted by Gasteiger charge is 2.41. The molecule has 0 unspecified atom stereocenters. The Balaban J connectivity index is 0.0000000945. The van der Waals surface area contributed by atoms with E-state index >= 15 is 0 Å². The normalized spacial score (nSPS) is 13.4. The van der Waals surface area contributed by atoms with Crippen molar-refractivity contribution < 1.29 is 13.5 Å². The maximum atomic E-state index is 5.00. The quantitative estimate of drug-likeness (QED) is 0.126. The van der Waals surface area contributed by atoms with Crippen LogP contribution in [0.3, 0.4) is 0 Å². The summed E-state index contributed by atoms with van der Waals surface area (Å²) in [5.41, 5.74) is 32.9. The lowest BCUT2D eigenvalue weighted by atomic mass is 9.63. The monoisotopic (exact) mass is 1400 g/mol. The molecule has 15 heterocycles. The van der Waals surface area contributed by atoms with Crippen LogP contribution in [0.2, 0.25) is 0 Å². The minimum absolute atomic E-state index is 0.129. The Morgan fingerprint density at radius 3 is 1.69 bits per heavy atom. The standard InChI is InChI=1S/C28H30N3.C23H21N3.2C22H18N3/c1-27(2,3)25(28(4,5)6)18-10-9-13-21-23(18)24-22-17(14-15-29-24)16-30-19-11-7-8-12-20(19)31(21)26(22)30;1-4-15-8-5-10-17-18-11-6-9-16(14(2)3)21(18)26-22-19(12-7-13-24-22)25-23(26)20(15)17;1-13(2)15-7-4-10-18-20(15)25-21-17(9-5-11-23-21)16-8-3-6-14-12-24(18)22(25)19(14)16;1-13(2)15-10-9-14-12-24-16-6-3-4-7-17(16)25-18-8-5-11-23-21(18)20(15)19(14)22(24)25/h7-15,25H,16H2,1-6H3;5-14H,4H2,1-3H3;2*3-11,13H,12H2,1-2H3/q+1;;2*+1. The van der Waals surface area contributed by atoms with E-state index < -0.39 is 0 Å². The summed E-state index contributed by atoms with van der Waals surface area (Å²) in [5, 5.41) is 13.1. The summed E-state index contributed by atoms with van der Waals surface area (Å²) in [4.78, 5) is 24.3. The first kappa shape index (κ1) is 64.8. The summed E-state index contributed by atoms with van der Waals surface area (Å²) in [7, 11) is 0. The molecule has 0 radical (unpaired) electrons. The molecule has 0 spiro atoms. The molecule has 524 valence electrons. The molecule has 0 bridgehead atoms. The number of fused-ring (bicyclic) bond motifs is 26. The van der Waals surface area contributed by atoms with Crippen LogP contribution in [0.1, 0.15) is 158 Å². The van der Waals surface area contributed by atoms with Gasteiger partial charge < -0.3 is 0 Å². The summed E-state index contributed by atoms with van der Waals surface area (Å²) in [6, 6.07) is 70.3. The van der Waals surface area contributed by atoms with Gasteiger partial charge in [-0.15, -0.1) is 4.98 Å². The first-order chi connectivity index (χ1) is 51.9. The Labute approximate surface area is 620 Å². The van der Waals surface area contributed by atoms with E-state index in [1.165, 1.54) is 165 Å². The summed E-state index contributed by atoms with van der Waals surface area (Å²) in [6.45, 7) is 32.8. The number of pyridine rings is 8. The average molecular weight is 1400 g/mol. The van der Waals surface area contributed by atoms with Gasteiger partial charge in [-0.25, -0.2) is 19.1 Å². The lowest BCUT2D eigenvalue weighted by Gasteiger charge is -2.41. The molecule has 0 aliphatic carbocycles. The van der Waals surface area contributed by atoms with Gasteiger partial charge in [0.15, 0.2) is 33.2 Å². The van der Waals surface area contributed by atoms with Crippen molar-refractivity contribution >= 4 is 154 Å². The number of rotatable bonds is 5. The maximum Gasteiger partial charge on any atom is 0.298 e. The van der Waals surface area contributed by atoms with Gasteiger partial charge in [-0.05, 0) is 153 Å². The molecule has 8 aromatic carbocycles. The van der Waals surface area contributed by atoms with Crippen molar-refractivity contribution in [2.24, 2.45) is 10.8 Å². The van der Waals surface area contributed by atoms with Gasteiger partial charge in [0.2, 0.25) is 5.65 Å². The largest absolute Gasteiger partial charge is 0.298 e. The van der Waals surface area contributed by atoms with Crippen LogP contribution >= 0.6 is 0 Å². The second kappa shape index (κ2) is 23.6. The third-order valence-corrected chi connectivity index (χ3v) is 23.7. The number of aryl methyl sites for hydroxylation is 1. The van der Waals surface area contributed by atoms with Gasteiger partial charge in [0.05, 0.1) is 44.5 Å². The van der Waals surface area contributed by atoms with Crippen molar-refractivity contribution in [2.75, 3.05) is 0 Å². The number of para-hydroxylation sites is 6. The number of imidazole rings is 4. The Bertz CT molecular complexity index is 7210. The van der Waals surface area contributed by atoms with E-state index in [4.69, 9.17) is 19.9 Å². The highest BCUT2D eigenvalue weighted by molar-refractivity contribution is 6.18. The molecule has 3 aliphatic rings. The molecule has 3 aliphatic heterocycles. The van der Waals surface area contributed by atoms with E-state index in [2.05, 4.69) is 302 Å². The lowest BCUT2D eigenvalue weighted by Crippen LogP contribution is -2.31. The Morgan fingerprint density at radius 2 is 0.963 bits per heavy atom. The first-order valence-electron chi connectivity index (χ1n) is 38.4. The average Bonchev–Trinajstić information content (AvgIpc) is 1.56. The highest BCUT2D eigenvalue weighted by Crippen LogP contribution is 2.51. The fraction of sp³-hybridized carbons (Fsp3) is 0.242. The molecule has 0 fully saturated rings. The van der Waals surface area contributed by atoms with Crippen molar-refractivity contribution in [3.8, 4) is 0 Å². The van der Waals surface area contributed by atoms with E-state index in [9.17, 15) is 0 Å². The first-order valence-corrected chi connectivity index (χ1v) is 38.4. The summed E-state index contributed by atoms with van der Waals surface area (Å²) >= 11 is 0. The minimum Gasteiger partial charge on any atom is -0.276 e. The maximum absolute atomic E-state index is 5.00. The van der Waals surface area contributed by atoms with Gasteiger partial charge in [-0.2, -0.15) is 13.2 Å². The van der Waals surface area contributed by atoms with Crippen molar-refractivity contribution in [3.63, 3.8) is 0 Å². The van der Waals surface area contributed by atoms with Crippen LogP contribution in [0.5, 0.6) is 0 Å². The zero-order valence-corrected chi connectivity index (χ0v) is 63.3. The topological polar surface area (TPSA) is 94.5 Å². The molecule has 12 nitrogen and oxygen atoms in total. The number of aromatic nitrogens is 12. The predicted octanol–water partition coefficient (Wildman–Crippen LogP) is 21.6. The number of hydrogen-bond acceptors (Lipinski definition) is 5. The molecule has 23 rings (SSSR count). The number of hydrogen-bond donors (Lipinski definition) is 0. The second-order valence-electron chi connectivity index (χ2n) is 33.2. The van der Waals surface area contributed by atoms with Crippen LogP contribution in [-0.2, 0) is 26.1 Å². The van der Waals surface area contributed by atoms with Gasteiger partial charge in [0.1, 0.15) is 52.5 Å². The SMILES string of the molecule is CC(C)(C)C(c1cccc2c1c1nccc3c1c1n2c2ccccc2[n+]1C3)C(C)(C)C.CC(C)c1ccc2c3c1c1ncccc1n1c4ccccc4[n+](c31)C2.CC(C)c1cccc2c1[n+]1c3ncccc3c3cccc4c3c1n2C4.CCc1cccc2c3cccc(C(C)C)c3n3c4ncccc4nc3c12. The third kappa shape index (κ3) is 9.26. The molecule has 0 saturated carbocycles. The van der Waals surface area contributed by atoms with Gasteiger partial charge in [-0.1, -0.05) is 205 Å². The van der Waals surface area contributed by atoms with Crippen molar-refractivity contribution in [1.29, 1.82) is 0 Å². The third-order valence-electron chi connectivity index (χ3n) is 23.7. The number of benzene rings is 8. The molecular weight excluding hydrogens is 1310 g/mol. The summed E-state index contributed by atoms with van der Waals surface area (Å²) in [5.74, 6) is 1.76. The fourth-order valence-corrected chi connectivity index (χ4v) is 20.0. The molecule has 12 heteroatoms. The fourth-order valence-electron chi connectivity index (χ4n) is 20.0. The van der Waals surface area contributed by atoms with Crippen molar-refractivity contribution in [3.05, 3.63) is 263 Å². The van der Waals surface area contributed by atoms with E-state index in [1.54, 1.807) is 0 Å². The van der Waals surface area contributed by atoms with Crippen molar-refractivity contribution in [1.82, 2.24) is 42.7 Å². The Kier molecular flexibility index (Phi) is 14.3. The predicted molar refractivity (Wildman–Crippen MR) is 440 cm³/mol. The molecule has 20 aromatic rings. The summed E-state index contributed by atoms with van der Waals surface area (Å²) in [6.07, 6.45) is 8.67. The minimum atomic E-state index is 0.129. The summed E-state index contributed by atoms with van der Waals surface area (Å²) < 4.78 is 17.0. The van der Waals surface area contributed by atoms with Gasteiger partial charge in [-0.3, -0.25) is 18.9 Å². The van der Waals surface area contributed by atoms with Crippen molar-refractivity contribution in [2.45, 2.75) is 140 Å². The van der Waals surface area contributed by atoms with Crippen LogP contribution in [0.25, 0.3) is 154 Å². The second-order valence-corrected chi connectivity index (χ2v) is 33.2. The molecule has 0 amide bonds. The van der Waals surface area contributed by atoms with E-state index in [0.717, 1.165) is 59.5 Å².